The monoisotopic (exact) mass is 362 g/mol. The summed E-state index contributed by atoms with van der Waals surface area (Å²) in [6, 6.07) is 5.13. The minimum absolute atomic E-state index is 0.157. The summed E-state index contributed by atoms with van der Waals surface area (Å²) in [4.78, 5) is 0. The van der Waals surface area contributed by atoms with Crippen LogP contribution in [0, 0.1) is 0 Å². The second-order valence-electron chi connectivity index (χ2n) is 5.80. The van der Waals surface area contributed by atoms with Crippen molar-refractivity contribution in [3.05, 3.63) is 28.2 Å². The van der Waals surface area contributed by atoms with Gasteiger partial charge in [0.1, 0.15) is 18.0 Å². The largest absolute Gasteiger partial charge is 0.485 e. The van der Waals surface area contributed by atoms with Gasteiger partial charge in [-0.2, -0.15) is 0 Å². The molecular weight excluding hydrogens is 346 g/mol. The molecule has 2 atom stereocenters. The molecule has 2 heterocycles. The molecule has 3 nitrogen and oxygen atoms in total. The Morgan fingerprint density at radius 2 is 2.24 bits per heavy atom. The van der Waals surface area contributed by atoms with Crippen LogP contribution < -0.4 is 4.74 Å². The Bertz CT molecular complexity index is 530. The fourth-order valence-corrected chi connectivity index (χ4v) is 3.58. The Morgan fingerprint density at radius 1 is 1.43 bits per heavy atom. The first-order valence-corrected chi connectivity index (χ1v) is 7.80. The van der Waals surface area contributed by atoms with E-state index >= 15 is 0 Å². The van der Waals surface area contributed by atoms with E-state index in [1.54, 1.807) is 18.2 Å². The van der Waals surface area contributed by atoms with Gasteiger partial charge in [0.05, 0.1) is 12.5 Å². The molecule has 116 valence electrons. The number of rotatable bonds is 2. The lowest BCUT2D eigenvalue weighted by molar-refractivity contribution is -0.129. The molecule has 1 N–H and O–H groups in total. The van der Waals surface area contributed by atoms with E-state index in [0.29, 0.717) is 30.9 Å². The summed E-state index contributed by atoms with van der Waals surface area (Å²) in [6.45, 7) is -0.208. The van der Waals surface area contributed by atoms with Crippen molar-refractivity contribution in [2.24, 2.45) is 0 Å². The lowest BCUT2D eigenvalue weighted by atomic mass is 9.77. The van der Waals surface area contributed by atoms with Crippen LogP contribution in [0.3, 0.4) is 0 Å². The molecule has 0 aliphatic carbocycles. The van der Waals surface area contributed by atoms with Crippen LogP contribution in [0.15, 0.2) is 22.7 Å². The molecule has 0 amide bonds. The van der Waals surface area contributed by atoms with Crippen LogP contribution in [0.1, 0.15) is 30.7 Å². The van der Waals surface area contributed by atoms with Gasteiger partial charge in [-0.15, -0.1) is 0 Å². The molecular formula is C15H17BrF2O3. The molecule has 0 saturated carbocycles. The highest BCUT2D eigenvalue weighted by atomic mass is 79.9. The summed E-state index contributed by atoms with van der Waals surface area (Å²) in [7, 11) is 0. The molecule has 1 fully saturated rings. The SMILES string of the molecule is OCC(F)(F)[C@@H]1CC2(CCCOC2)Oc2ccc(Br)cc21. The van der Waals surface area contributed by atoms with Gasteiger partial charge >= 0.3 is 0 Å². The zero-order valence-corrected chi connectivity index (χ0v) is 13.0. The number of hydrogen-bond acceptors (Lipinski definition) is 3. The molecule has 3 rings (SSSR count). The van der Waals surface area contributed by atoms with Crippen molar-refractivity contribution in [3.63, 3.8) is 0 Å². The van der Waals surface area contributed by atoms with Crippen LogP contribution in [0.4, 0.5) is 8.78 Å². The van der Waals surface area contributed by atoms with Crippen LogP contribution in [0.25, 0.3) is 0 Å². The van der Waals surface area contributed by atoms with Crippen LogP contribution in [-0.2, 0) is 4.74 Å². The maximum absolute atomic E-state index is 14.2. The lowest BCUT2D eigenvalue weighted by Crippen LogP contribution is -2.51. The normalized spacial score (nSPS) is 29.0. The summed E-state index contributed by atoms with van der Waals surface area (Å²) < 4.78 is 40.7. The number of benzene rings is 1. The van der Waals surface area contributed by atoms with Crippen molar-refractivity contribution in [3.8, 4) is 5.75 Å². The van der Waals surface area contributed by atoms with Gasteiger partial charge in [-0.1, -0.05) is 15.9 Å². The van der Waals surface area contributed by atoms with Gasteiger partial charge in [-0.05, 0) is 31.0 Å². The van der Waals surface area contributed by atoms with Crippen LogP contribution in [0.2, 0.25) is 0 Å². The molecule has 1 saturated heterocycles. The van der Waals surface area contributed by atoms with Gasteiger partial charge in [0.2, 0.25) is 0 Å². The van der Waals surface area contributed by atoms with E-state index in [4.69, 9.17) is 14.6 Å². The van der Waals surface area contributed by atoms with Crippen molar-refractivity contribution >= 4 is 15.9 Å². The number of halogens is 3. The standard InChI is InChI=1S/C15H17BrF2O3/c16-10-2-3-13-11(6-10)12(15(17,18)8-19)7-14(21-13)4-1-5-20-9-14/h2-3,6,12,19H,1,4-5,7-9H2/t12-,14?/m1/s1. The average Bonchev–Trinajstić information content (AvgIpc) is 2.48. The summed E-state index contributed by atoms with van der Waals surface area (Å²) in [6.07, 6.45) is 1.65. The summed E-state index contributed by atoms with van der Waals surface area (Å²) in [5, 5.41) is 9.09. The first-order chi connectivity index (χ1) is 9.96. The first kappa shape index (κ1) is 15.2. The zero-order valence-electron chi connectivity index (χ0n) is 11.4. The predicted molar refractivity (Wildman–Crippen MR) is 76.9 cm³/mol. The van der Waals surface area contributed by atoms with Gasteiger partial charge in [-0.25, -0.2) is 8.78 Å². The number of alkyl halides is 2. The van der Waals surface area contributed by atoms with E-state index in [0.717, 1.165) is 10.9 Å². The maximum Gasteiger partial charge on any atom is 0.277 e. The van der Waals surface area contributed by atoms with Gasteiger partial charge in [0, 0.05) is 23.1 Å². The van der Waals surface area contributed by atoms with Crippen molar-refractivity contribution in [1.29, 1.82) is 0 Å². The van der Waals surface area contributed by atoms with Gasteiger partial charge in [0.25, 0.3) is 5.92 Å². The van der Waals surface area contributed by atoms with Crippen molar-refractivity contribution < 1.29 is 23.4 Å². The third-order valence-electron chi connectivity index (χ3n) is 4.26. The van der Waals surface area contributed by atoms with Gasteiger partial charge < -0.3 is 14.6 Å². The number of hydrogen-bond donors (Lipinski definition) is 1. The number of fused-ring (bicyclic) bond motifs is 1. The molecule has 0 radical (unpaired) electrons. The van der Waals surface area contributed by atoms with E-state index in [9.17, 15) is 8.78 Å². The third-order valence-corrected chi connectivity index (χ3v) is 4.75. The minimum Gasteiger partial charge on any atom is -0.485 e. The van der Waals surface area contributed by atoms with E-state index in [-0.39, 0.29) is 6.42 Å². The Labute approximate surface area is 130 Å². The van der Waals surface area contributed by atoms with E-state index in [1.165, 1.54) is 0 Å². The van der Waals surface area contributed by atoms with Crippen molar-refractivity contribution in [1.82, 2.24) is 0 Å². The van der Waals surface area contributed by atoms with Crippen LogP contribution in [0.5, 0.6) is 5.75 Å². The number of aliphatic hydroxyl groups is 1. The predicted octanol–water partition coefficient (Wildman–Crippen LogP) is 3.49. The van der Waals surface area contributed by atoms with E-state index in [1.807, 2.05) is 0 Å². The molecule has 6 heteroatoms. The first-order valence-electron chi connectivity index (χ1n) is 7.01. The second-order valence-corrected chi connectivity index (χ2v) is 6.71. The Hall–Kier alpha value is -0.720. The summed E-state index contributed by atoms with van der Waals surface area (Å²) in [5.41, 5.74) is -0.262. The fourth-order valence-electron chi connectivity index (χ4n) is 3.20. The molecule has 1 unspecified atom stereocenters. The van der Waals surface area contributed by atoms with Gasteiger partial charge in [0.15, 0.2) is 0 Å². The molecule has 0 aromatic heterocycles. The second kappa shape index (κ2) is 5.48. The molecule has 2 aliphatic heterocycles. The summed E-state index contributed by atoms with van der Waals surface area (Å²) >= 11 is 3.31. The Kier molecular flexibility index (Phi) is 3.96. The Balaban J connectivity index is 2.03. The average molecular weight is 363 g/mol. The quantitative estimate of drug-likeness (QED) is 0.874. The van der Waals surface area contributed by atoms with Gasteiger partial charge in [-0.3, -0.25) is 0 Å². The highest BCUT2D eigenvalue weighted by molar-refractivity contribution is 9.10. The smallest absolute Gasteiger partial charge is 0.277 e. The molecule has 2 aliphatic rings. The van der Waals surface area contributed by atoms with Crippen LogP contribution >= 0.6 is 15.9 Å². The topological polar surface area (TPSA) is 38.7 Å². The molecule has 1 aromatic rings. The van der Waals surface area contributed by atoms with Crippen LogP contribution in [-0.4, -0.2) is 36.5 Å². The molecule has 21 heavy (non-hydrogen) atoms. The molecule has 0 bridgehead atoms. The van der Waals surface area contributed by atoms with E-state index in [2.05, 4.69) is 15.9 Å². The molecule has 1 aromatic carbocycles. The highest BCUT2D eigenvalue weighted by Gasteiger charge is 2.51. The number of ether oxygens (including phenoxy) is 2. The van der Waals surface area contributed by atoms with Crippen molar-refractivity contribution in [2.45, 2.75) is 36.7 Å². The summed E-state index contributed by atoms with van der Waals surface area (Å²) in [5.74, 6) is -3.78. The fraction of sp³-hybridized carbons (Fsp3) is 0.600. The molecule has 1 spiro atoms. The number of aliphatic hydroxyl groups excluding tert-OH is 1. The Morgan fingerprint density at radius 3 is 2.90 bits per heavy atom. The highest BCUT2D eigenvalue weighted by Crippen LogP contribution is 2.50. The zero-order chi connectivity index (χ0) is 15.1. The third kappa shape index (κ3) is 2.81. The maximum atomic E-state index is 14.2. The van der Waals surface area contributed by atoms with E-state index < -0.39 is 24.0 Å². The minimum atomic E-state index is -3.18. The van der Waals surface area contributed by atoms with Crippen molar-refractivity contribution in [2.75, 3.05) is 19.8 Å². The lowest BCUT2D eigenvalue weighted by Gasteiger charge is -2.45.